The quantitative estimate of drug-likeness (QED) is 0.241. The zero-order valence-corrected chi connectivity index (χ0v) is 25.3. The van der Waals surface area contributed by atoms with E-state index in [0.29, 0.717) is 38.3 Å². The first kappa shape index (κ1) is 31.2. The maximum Gasteiger partial charge on any atom is 0.573 e. The predicted octanol–water partition coefficient (Wildman–Crippen LogP) is 3.60. The standard InChI is InChI=1S/C26H27F3N6O7S2/c1-16-30-24(32-35(16)15-17-5-4-6-18(13-17)34-11-9-20(10-12-34)43(2,36)37)25-31-23(33-41-25)21-8-7-19(40-26(27,28)29)14-22(21)42-44(3,38)39/h4-8,13-14,20H,9-12,15H2,1-3H3. The third-order valence-electron chi connectivity index (χ3n) is 6.80. The lowest BCUT2D eigenvalue weighted by atomic mass is 10.1. The summed E-state index contributed by atoms with van der Waals surface area (Å²) in [5.74, 6) is -0.917. The highest BCUT2D eigenvalue weighted by molar-refractivity contribution is 7.91. The molecule has 3 heterocycles. The van der Waals surface area contributed by atoms with Crippen molar-refractivity contribution in [3.8, 4) is 34.6 Å². The van der Waals surface area contributed by atoms with Crippen molar-refractivity contribution in [3.05, 3.63) is 53.9 Å². The number of aromatic nitrogens is 5. The van der Waals surface area contributed by atoms with Gasteiger partial charge in [-0.15, -0.1) is 18.3 Å². The van der Waals surface area contributed by atoms with Crippen LogP contribution in [0, 0.1) is 6.92 Å². The van der Waals surface area contributed by atoms with Crippen molar-refractivity contribution in [1.82, 2.24) is 24.9 Å². The van der Waals surface area contributed by atoms with Crippen LogP contribution in [0.4, 0.5) is 18.9 Å². The number of anilines is 1. The number of piperidine rings is 1. The number of hydrogen-bond acceptors (Lipinski definition) is 12. The molecule has 0 saturated carbocycles. The highest BCUT2D eigenvalue weighted by Crippen LogP contribution is 2.35. The Labute approximate surface area is 250 Å². The summed E-state index contributed by atoms with van der Waals surface area (Å²) in [7, 11) is -7.22. The summed E-state index contributed by atoms with van der Waals surface area (Å²) in [6.07, 6.45) is -1.88. The lowest BCUT2D eigenvalue weighted by Crippen LogP contribution is -2.39. The molecule has 0 bridgehead atoms. The van der Waals surface area contributed by atoms with Gasteiger partial charge in [0.25, 0.3) is 5.89 Å². The smallest absolute Gasteiger partial charge is 0.406 e. The molecule has 1 saturated heterocycles. The summed E-state index contributed by atoms with van der Waals surface area (Å²) in [5, 5.41) is 7.93. The maximum absolute atomic E-state index is 12.7. The van der Waals surface area contributed by atoms with Gasteiger partial charge in [0.2, 0.25) is 11.6 Å². The van der Waals surface area contributed by atoms with Crippen LogP contribution in [0.2, 0.25) is 0 Å². The van der Waals surface area contributed by atoms with Crippen molar-refractivity contribution in [2.45, 2.75) is 37.9 Å². The lowest BCUT2D eigenvalue weighted by Gasteiger charge is -2.33. The number of rotatable bonds is 9. The van der Waals surface area contributed by atoms with Crippen LogP contribution in [0.3, 0.4) is 0 Å². The van der Waals surface area contributed by atoms with Crippen molar-refractivity contribution in [3.63, 3.8) is 0 Å². The number of halogens is 3. The molecule has 0 N–H and O–H groups in total. The molecule has 0 spiro atoms. The molecule has 0 radical (unpaired) electrons. The molecule has 18 heteroatoms. The summed E-state index contributed by atoms with van der Waals surface area (Å²) in [6.45, 7) is 3.33. The Morgan fingerprint density at radius 3 is 2.39 bits per heavy atom. The Balaban J connectivity index is 1.34. The van der Waals surface area contributed by atoms with Crippen LogP contribution in [0.15, 0.2) is 47.0 Å². The third kappa shape index (κ3) is 7.65. The number of nitrogens with zero attached hydrogens (tertiary/aromatic N) is 6. The molecule has 0 atom stereocenters. The molecular weight excluding hydrogens is 629 g/mol. The Bertz CT molecular complexity index is 1880. The van der Waals surface area contributed by atoms with E-state index >= 15 is 0 Å². The van der Waals surface area contributed by atoms with E-state index in [1.165, 1.54) is 6.26 Å². The average Bonchev–Trinajstić information content (AvgIpc) is 3.54. The summed E-state index contributed by atoms with van der Waals surface area (Å²) in [5.41, 5.74) is 1.81. The minimum Gasteiger partial charge on any atom is -0.406 e. The molecule has 4 aromatic rings. The topological polar surface area (TPSA) is 160 Å². The molecule has 2 aromatic heterocycles. The van der Waals surface area contributed by atoms with Gasteiger partial charge >= 0.3 is 16.5 Å². The van der Waals surface area contributed by atoms with Gasteiger partial charge in [-0.05, 0) is 49.6 Å². The fraction of sp³-hybridized carbons (Fsp3) is 0.385. The summed E-state index contributed by atoms with van der Waals surface area (Å²) in [6, 6.07) is 10.6. The van der Waals surface area contributed by atoms with Crippen LogP contribution < -0.4 is 13.8 Å². The molecule has 1 aliphatic rings. The van der Waals surface area contributed by atoms with E-state index in [-0.39, 0.29) is 28.4 Å². The number of benzene rings is 2. The van der Waals surface area contributed by atoms with Crippen LogP contribution in [0.1, 0.15) is 24.2 Å². The number of sulfone groups is 1. The van der Waals surface area contributed by atoms with Gasteiger partial charge < -0.3 is 18.3 Å². The van der Waals surface area contributed by atoms with Gasteiger partial charge in [-0.3, -0.25) is 0 Å². The number of ether oxygens (including phenoxy) is 1. The van der Waals surface area contributed by atoms with E-state index in [2.05, 4.69) is 29.9 Å². The van der Waals surface area contributed by atoms with E-state index in [1.807, 2.05) is 24.3 Å². The first-order valence-electron chi connectivity index (χ1n) is 13.1. The Hall–Kier alpha value is -4.19. The minimum absolute atomic E-state index is 0.0721. The Morgan fingerprint density at radius 1 is 1.00 bits per heavy atom. The van der Waals surface area contributed by atoms with Crippen LogP contribution in [-0.2, 0) is 26.5 Å². The fourth-order valence-corrected chi connectivity index (χ4v) is 6.30. The Kier molecular flexibility index (Phi) is 8.32. The van der Waals surface area contributed by atoms with Gasteiger partial charge in [-0.2, -0.15) is 13.4 Å². The maximum atomic E-state index is 12.7. The fourth-order valence-electron chi connectivity index (χ4n) is 4.77. The van der Waals surface area contributed by atoms with Crippen molar-refractivity contribution in [2.24, 2.45) is 0 Å². The highest BCUT2D eigenvalue weighted by Gasteiger charge is 2.32. The van der Waals surface area contributed by atoms with Gasteiger partial charge in [0.15, 0.2) is 5.75 Å². The van der Waals surface area contributed by atoms with Gasteiger partial charge in [0, 0.05) is 31.1 Å². The predicted molar refractivity (Wildman–Crippen MR) is 151 cm³/mol. The molecule has 5 rings (SSSR count). The van der Waals surface area contributed by atoms with Gasteiger partial charge in [-0.1, -0.05) is 17.3 Å². The van der Waals surface area contributed by atoms with Crippen molar-refractivity contribution in [1.29, 1.82) is 0 Å². The third-order valence-corrected chi connectivity index (χ3v) is 8.96. The molecule has 236 valence electrons. The SMILES string of the molecule is Cc1nc(-c2nc(-c3ccc(OC(F)(F)F)cc3OS(C)(=O)=O)no2)nn1Cc1cccc(N2CCC(S(C)(=O)=O)CC2)c1. The van der Waals surface area contributed by atoms with E-state index in [1.54, 1.807) is 11.6 Å². The van der Waals surface area contributed by atoms with Crippen molar-refractivity contribution >= 4 is 25.6 Å². The van der Waals surface area contributed by atoms with E-state index < -0.39 is 37.8 Å². The van der Waals surface area contributed by atoms with Crippen molar-refractivity contribution < 1.29 is 43.4 Å². The zero-order chi connectivity index (χ0) is 31.9. The zero-order valence-electron chi connectivity index (χ0n) is 23.6. The molecule has 1 fully saturated rings. The normalized spacial score (nSPS) is 15.0. The van der Waals surface area contributed by atoms with Gasteiger partial charge in [0.1, 0.15) is 21.4 Å². The van der Waals surface area contributed by atoms with Crippen molar-refractivity contribution in [2.75, 3.05) is 30.5 Å². The van der Waals surface area contributed by atoms with Crippen LogP contribution >= 0.6 is 0 Å². The molecular formula is C26H27F3N6O7S2. The van der Waals surface area contributed by atoms with Gasteiger partial charge in [-0.25, -0.2) is 18.1 Å². The van der Waals surface area contributed by atoms with Crippen LogP contribution in [-0.4, -0.2) is 79.0 Å². The first-order valence-corrected chi connectivity index (χ1v) is 16.9. The summed E-state index contributed by atoms with van der Waals surface area (Å²) < 4.78 is 101. The molecule has 0 aliphatic carbocycles. The number of alkyl halides is 3. The largest absolute Gasteiger partial charge is 0.573 e. The minimum atomic E-state index is -5.01. The van der Waals surface area contributed by atoms with E-state index in [0.717, 1.165) is 35.7 Å². The molecule has 1 aliphatic heterocycles. The highest BCUT2D eigenvalue weighted by atomic mass is 32.2. The monoisotopic (exact) mass is 656 g/mol. The average molecular weight is 657 g/mol. The second-order valence-corrected chi connectivity index (χ2v) is 14.1. The summed E-state index contributed by atoms with van der Waals surface area (Å²) in [4.78, 5) is 10.7. The lowest BCUT2D eigenvalue weighted by molar-refractivity contribution is -0.274. The van der Waals surface area contributed by atoms with Crippen LogP contribution in [0.25, 0.3) is 23.1 Å². The molecule has 44 heavy (non-hydrogen) atoms. The van der Waals surface area contributed by atoms with E-state index in [9.17, 15) is 30.0 Å². The first-order chi connectivity index (χ1) is 20.5. The molecule has 13 nitrogen and oxygen atoms in total. The molecule has 0 unspecified atom stereocenters. The Morgan fingerprint density at radius 2 is 1.73 bits per heavy atom. The van der Waals surface area contributed by atoms with Crippen LogP contribution in [0.5, 0.6) is 11.5 Å². The number of aryl methyl sites for hydroxylation is 1. The number of hydrogen-bond donors (Lipinski definition) is 0. The molecule has 0 amide bonds. The second kappa shape index (κ2) is 11.7. The summed E-state index contributed by atoms with van der Waals surface area (Å²) >= 11 is 0. The van der Waals surface area contributed by atoms with E-state index in [4.69, 9.17) is 8.71 Å². The second-order valence-electron chi connectivity index (χ2n) is 10.2. The molecule has 2 aromatic carbocycles. The van der Waals surface area contributed by atoms with Gasteiger partial charge in [0.05, 0.1) is 23.6 Å².